The highest BCUT2D eigenvalue weighted by molar-refractivity contribution is 5.66. The minimum absolute atomic E-state index is 0.342. The van der Waals surface area contributed by atoms with Gasteiger partial charge >= 0.3 is 5.97 Å². The molecule has 0 fully saturated rings. The molecule has 0 spiro atoms. The van der Waals surface area contributed by atoms with E-state index in [9.17, 15) is 4.79 Å². The van der Waals surface area contributed by atoms with E-state index in [0.717, 1.165) is 18.8 Å². The van der Waals surface area contributed by atoms with Gasteiger partial charge in [-0.3, -0.25) is 4.79 Å². The third kappa shape index (κ3) is 9.75. The van der Waals surface area contributed by atoms with E-state index in [1.807, 2.05) is 0 Å². The van der Waals surface area contributed by atoms with Gasteiger partial charge in [-0.2, -0.15) is 0 Å². The van der Waals surface area contributed by atoms with Crippen molar-refractivity contribution in [2.45, 2.75) is 83.5 Å². The molecular formula is C17H30O2. The lowest BCUT2D eigenvalue weighted by Crippen LogP contribution is -2.00. The van der Waals surface area contributed by atoms with Crippen LogP contribution in [0.5, 0.6) is 0 Å². The van der Waals surface area contributed by atoms with Crippen molar-refractivity contribution in [3.63, 3.8) is 0 Å². The molecule has 0 heterocycles. The maximum absolute atomic E-state index is 10.3. The summed E-state index contributed by atoms with van der Waals surface area (Å²) < 4.78 is 0. The number of aliphatic carboxylic acids is 1. The average molecular weight is 266 g/mol. The summed E-state index contributed by atoms with van der Waals surface area (Å²) in [6.07, 6.45) is 20.4. The monoisotopic (exact) mass is 266 g/mol. The second-order valence-corrected chi connectivity index (χ2v) is 5.88. The van der Waals surface area contributed by atoms with Crippen molar-refractivity contribution >= 4 is 5.97 Å². The van der Waals surface area contributed by atoms with E-state index in [1.54, 1.807) is 0 Å². The van der Waals surface area contributed by atoms with E-state index in [1.165, 1.54) is 64.2 Å². The van der Waals surface area contributed by atoms with Crippen LogP contribution in [0.4, 0.5) is 0 Å². The standard InChI is InChI=1S/C17H30O2/c18-17(19)15-11-6-4-2-1-3-5-8-12-16-13-9-7-10-14-16/h9,13,16H,1-8,10-12,14-15H2,(H,18,19). The molecule has 2 heteroatoms. The van der Waals surface area contributed by atoms with E-state index in [4.69, 9.17) is 5.11 Å². The first-order chi connectivity index (χ1) is 9.29. The second-order valence-electron chi connectivity index (χ2n) is 5.88. The van der Waals surface area contributed by atoms with E-state index < -0.39 is 5.97 Å². The molecule has 0 saturated heterocycles. The van der Waals surface area contributed by atoms with E-state index in [0.29, 0.717) is 6.42 Å². The molecule has 110 valence electrons. The SMILES string of the molecule is O=C(O)CCCCCCCCCCC1C=CCCC1. The Labute approximate surface area is 118 Å². The maximum Gasteiger partial charge on any atom is 0.303 e. The van der Waals surface area contributed by atoms with Crippen LogP contribution in [0, 0.1) is 5.92 Å². The molecule has 0 bridgehead atoms. The zero-order valence-electron chi connectivity index (χ0n) is 12.3. The van der Waals surface area contributed by atoms with Crippen molar-refractivity contribution in [1.29, 1.82) is 0 Å². The van der Waals surface area contributed by atoms with Gasteiger partial charge in [0.05, 0.1) is 0 Å². The highest BCUT2D eigenvalue weighted by Gasteiger charge is 2.07. The lowest BCUT2D eigenvalue weighted by molar-refractivity contribution is -0.137. The fraction of sp³-hybridized carbons (Fsp3) is 0.824. The van der Waals surface area contributed by atoms with Gasteiger partial charge in [-0.25, -0.2) is 0 Å². The summed E-state index contributed by atoms with van der Waals surface area (Å²) in [5.74, 6) is 0.210. The van der Waals surface area contributed by atoms with Gasteiger partial charge in [-0.05, 0) is 38.0 Å². The van der Waals surface area contributed by atoms with Gasteiger partial charge in [0.25, 0.3) is 0 Å². The van der Waals surface area contributed by atoms with Crippen LogP contribution >= 0.6 is 0 Å². The van der Waals surface area contributed by atoms with Gasteiger partial charge in [0.2, 0.25) is 0 Å². The molecule has 0 aromatic heterocycles. The summed E-state index contributed by atoms with van der Waals surface area (Å²) in [5.41, 5.74) is 0. The smallest absolute Gasteiger partial charge is 0.303 e. The first kappa shape index (κ1) is 16.3. The topological polar surface area (TPSA) is 37.3 Å². The Morgan fingerprint density at radius 1 is 1.00 bits per heavy atom. The minimum Gasteiger partial charge on any atom is -0.481 e. The fourth-order valence-corrected chi connectivity index (χ4v) is 2.87. The van der Waals surface area contributed by atoms with Crippen LogP contribution in [-0.2, 0) is 4.79 Å². The molecular weight excluding hydrogens is 236 g/mol. The Bertz CT molecular complexity index is 258. The number of allylic oxidation sites excluding steroid dienone is 2. The molecule has 1 aliphatic carbocycles. The predicted molar refractivity (Wildman–Crippen MR) is 80.3 cm³/mol. The van der Waals surface area contributed by atoms with E-state index >= 15 is 0 Å². The minimum atomic E-state index is -0.656. The van der Waals surface area contributed by atoms with Crippen LogP contribution in [0.25, 0.3) is 0 Å². The molecule has 1 unspecified atom stereocenters. The molecule has 0 aliphatic heterocycles. The van der Waals surface area contributed by atoms with Crippen molar-refractivity contribution in [1.82, 2.24) is 0 Å². The second kappa shape index (κ2) is 11.1. The summed E-state index contributed by atoms with van der Waals surface area (Å²) in [7, 11) is 0. The molecule has 1 atom stereocenters. The summed E-state index contributed by atoms with van der Waals surface area (Å²) >= 11 is 0. The molecule has 19 heavy (non-hydrogen) atoms. The van der Waals surface area contributed by atoms with Crippen LogP contribution in [0.15, 0.2) is 12.2 Å². The number of carboxylic acids is 1. The van der Waals surface area contributed by atoms with Gasteiger partial charge in [0.1, 0.15) is 0 Å². The van der Waals surface area contributed by atoms with Crippen LogP contribution in [0.2, 0.25) is 0 Å². The lowest BCUT2D eigenvalue weighted by atomic mass is 9.91. The third-order valence-corrected chi connectivity index (χ3v) is 4.07. The lowest BCUT2D eigenvalue weighted by Gasteiger charge is -2.15. The number of carboxylic acid groups (broad SMARTS) is 1. The number of carbonyl (C=O) groups is 1. The van der Waals surface area contributed by atoms with Crippen LogP contribution in [-0.4, -0.2) is 11.1 Å². The summed E-state index contributed by atoms with van der Waals surface area (Å²) in [4.78, 5) is 10.3. The van der Waals surface area contributed by atoms with Crippen LogP contribution in [0.1, 0.15) is 83.5 Å². The largest absolute Gasteiger partial charge is 0.481 e. The molecule has 1 aliphatic rings. The number of hydrogen-bond donors (Lipinski definition) is 1. The van der Waals surface area contributed by atoms with Crippen molar-refractivity contribution in [2.75, 3.05) is 0 Å². The first-order valence-electron chi connectivity index (χ1n) is 8.17. The van der Waals surface area contributed by atoms with Gasteiger partial charge in [0.15, 0.2) is 0 Å². The van der Waals surface area contributed by atoms with Crippen molar-refractivity contribution in [3.05, 3.63) is 12.2 Å². The quantitative estimate of drug-likeness (QED) is 0.405. The Kier molecular flexibility index (Phi) is 9.48. The number of unbranched alkanes of at least 4 members (excludes halogenated alkanes) is 7. The van der Waals surface area contributed by atoms with Gasteiger partial charge in [0, 0.05) is 6.42 Å². The average Bonchev–Trinajstić information content (AvgIpc) is 2.42. The molecule has 0 amide bonds. The van der Waals surface area contributed by atoms with Crippen molar-refractivity contribution < 1.29 is 9.90 Å². The molecule has 2 nitrogen and oxygen atoms in total. The molecule has 1 N–H and O–H groups in total. The van der Waals surface area contributed by atoms with Gasteiger partial charge < -0.3 is 5.11 Å². The highest BCUT2D eigenvalue weighted by atomic mass is 16.4. The Hall–Kier alpha value is -0.790. The Morgan fingerprint density at radius 3 is 2.21 bits per heavy atom. The Morgan fingerprint density at radius 2 is 1.63 bits per heavy atom. The summed E-state index contributed by atoms with van der Waals surface area (Å²) in [6.45, 7) is 0. The zero-order chi connectivity index (χ0) is 13.8. The third-order valence-electron chi connectivity index (χ3n) is 4.07. The summed E-state index contributed by atoms with van der Waals surface area (Å²) in [5, 5.41) is 8.52. The van der Waals surface area contributed by atoms with Crippen LogP contribution in [0.3, 0.4) is 0 Å². The summed E-state index contributed by atoms with van der Waals surface area (Å²) in [6, 6.07) is 0. The van der Waals surface area contributed by atoms with E-state index in [2.05, 4.69) is 12.2 Å². The molecule has 0 aromatic carbocycles. The number of rotatable bonds is 11. The first-order valence-corrected chi connectivity index (χ1v) is 8.17. The molecule has 0 radical (unpaired) electrons. The molecule has 1 rings (SSSR count). The predicted octanol–water partition coefficient (Wildman–Crippen LogP) is 5.33. The molecule has 0 aromatic rings. The highest BCUT2D eigenvalue weighted by Crippen LogP contribution is 2.22. The maximum atomic E-state index is 10.3. The van der Waals surface area contributed by atoms with Crippen molar-refractivity contribution in [3.8, 4) is 0 Å². The molecule has 0 saturated carbocycles. The van der Waals surface area contributed by atoms with E-state index in [-0.39, 0.29) is 0 Å². The van der Waals surface area contributed by atoms with Crippen molar-refractivity contribution in [2.24, 2.45) is 5.92 Å². The normalized spacial score (nSPS) is 18.6. The Balaban J connectivity index is 1.77. The fourth-order valence-electron chi connectivity index (χ4n) is 2.87. The number of hydrogen-bond acceptors (Lipinski definition) is 1. The van der Waals surface area contributed by atoms with Gasteiger partial charge in [-0.1, -0.05) is 57.1 Å². The van der Waals surface area contributed by atoms with Crippen LogP contribution < -0.4 is 0 Å². The van der Waals surface area contributed by atoms with Gasteiger partial charge in [-0.15, -0.1) is 0 Å². The zero-order valence-corrected chi connectivity index (χ0v) is 12.3.